The highest BCUT2D eigenvalue weighted by Crippen LogP contribution is 2.21. The first-order valence-electron chi connectivity index (χ1n) is 8.33. The third-order valence-corrected chi connectivity index (χ3v) is 4.47. The summed E-state index contributed by atoms with van der Waals surface area (Å²) >= 11 is 0. The zero-order chi connectivity index (χ0) is 16.4. The van der Waals surface area contributed by atoms with Gasteiger partial charge in [0.15, 0.2) is 0 Å². The lowest BCUT2D eigenvalue weighted by molar-refractivity contribution is 0.211. The van der Waals surface area contributed by atoms with Crippen LogP contribution in [0, 0.1) is 6.92 Å². The van der Waals surface area contributed by atoms with Crippen LogP contribution in [0.25, 0.3) is 5.65 Å². The standard InChI is InChI=1S/C17H21N7/c1-13-9-16(17-21-19-12-24(17)22-13)20-15-4-7-23(8-5-15)11-14-3-2-6-18-10-14/h2-3,6,9-10,12,15,20H,4-5,7-8,11H2,1H3. The molecule has 0 spiro atoms. The number of rotatable bonds is 4. The van der Waals surface area contributed by atoms with E-state index in [-0.39, 0.29) is 0 Å². The lowest BCUT2D eigenvalue weighted by atomic mass is 10.0. The molecule has 0 bridgehead atoms. The number of hydrogen-bond donors (Lipinski definition) is 1. The molecular weight excluding hydrogens is 302 g/mol. The van der Waals surface area contributed by atoms with E-state index in [1.165, 1.54) is 5.56 Å². The van der Waals surface area contributed by atoms with Crippen LogP contribution < -0.4 is 5.32 Å². The lowest BCUT2D eigenvalue weighted by Gasteiger charge is -2.32. The van der Waals surface area contributed by atoms with Crippen LogP contribution in [0.2, 0.25) is 0 Å². The second kappa shape index (κ2) is 6.52. The minimum atomic E-state index is 0.456. The predicted molar refractivity (Wildman–Crippen MR) is 91.7 cm³/mol. The first-order valence-corrected chi connectivity index (χ1v) is 8.33. The topological polar surface area (TPSA) is 71.2 Å². The van der Waals surface area contributed by atoms with Gasteiger partial charge in [-0.1, -0.05) is 6.07 Å². The van der Waals surface area contributed by atoms with Crippen molar-refractivity contribution in [3.63, 3.8) is 0 Å². The second-order valence-corrected chi connectivity index (χ2v) is 6.35. The summed E-state index contributed by atoms with van der Waals surface area (Å²) in [5.74, 6) is 0. The largest absolute Gasteiger partial charge is 0.379 e. The summed E-state index contributed by atoms with van der Waals surface area (Å²) in [6.07, 6.45) is 7.64. The molecule has 0 aromatic carbocycles. The molecule has 3 aromatic heterocycles. The van der Waals surface area contributed by atoms with Crippen LogP contribution in [0.1, 0.15) is 24.1 Å². The molecule has 4 rings (SSSR count). The molecule has 0 radical (unpaired) electrons. The average Bonchev–Trinajstić information content (AvgIpc) is 3.06. The smallest absolute Gasteiger partial charge is 0.200 e. The molecule has 24 heavy (non-hydrogen) atoms. The Morgan fingerprint density at radius 2 is 2.17 bits per heavy atom. The molecule has 124 valence electrons. The van der Waals surface area contributed by atoms with Gasteiger partial charge in [0.2, 0.25) is 5.65 Å². The number of pyridine rings is 1. The minimum Gasteiger partial charge on any atom is -0.379 e. The molecule has 1 N–H and O–H groups in total. The van der Waals surface area contributed by atoms with Gasteiger partial charge in [-0.2, -0.15) is 9.61 Å². The fourth-order valence-corrected chi connectivity index (χ4v) is 3.26. The van der Waals surface area contributed by atoms with Gasteiger partial charge in [-0.3, -0.25) is 9.88 Å². The molecule has 1 saturated heterocycles. The SMILES string of the molecule is Cc1cc(NC2CCN(Cc3cccnc3)CC2)c2nncn2n1. The zero-order valence-electron chi connectivity index (χ0n) is 13.8. The third kappa shape index (κ3) is 3.21. The van der Waals surface area contributed by atoms with Crippen molar-refractivity contribution in [2.75, 3.05) is 18.4 Å². The van der Waals surface area contributed by atoms with E-state index in [0.29, 0.717) is 6.04 Å². The van der Waals surface area contributed by atoms with Gasteiger partial charge in [0, 0.05) is 38.1 Å². The van der Waals surface area contributed by atoms with E-state index in [4.69, 9.17) is 0 Å². The van der Waals surface area contributed by atoms with E-state index < -0.39 is 0 Å². The van der Waals surface area contributed by atoms with Crippen molar-refractivity contribution in [2.45, 2.75) is 32.4 Å². The van der Waals surface area contributed by atoms with E-state index >= 15 is 0 Å². The molecule has 0 saturated carbocycles. The monoisotopic (exact) mass is 323 g/mol. The summed E-state index contributed by atoms with van der Waals surface area (Å²) in [4.78, 5) is 6.68. The zero-order valence-corrected chi connectivity index (χ0v) is 13.8. The highest BCUT2D eigenvalue weighted by Gasteiger charge is 2.20. The van der Waals surface area contributed by atoms with Gasteiger partial charge >= 0.3 is 0 Å². The van der Waals surface area contributed by atoms with Crippen molar-refractivity contribution in [3.8, 4) is 0 Å². The van der Waals surface area contributed by atoms with Crippen molar-refractivity contribution in [1.82, 2.24) is 29.7 Å². The Morgan fingerprint density at radius 3 is 2.96 bits per heavy atom. The van der Waals surface area contributed by atoms with Crippen molar-refractivity contribution < 1.29 is 0 Å². The summed E-state index contributed by atoms with van der Waals surface area (Å²) in [6.45, 7) is 5.13. The van der Waals surface area contributed by atoms with Gasteiger partial charge in [-0.15, -0.1) is 10.2 Å². The maximum absolute atomic E-state index is 4.39. The van der Waals surface area contributed by atoms with Crippen molar-refractivity contribution >= 4 is 11.3 Å². The fourth-order valence-electron chi connectivity index (χ4n) is 3.26. The molecule has 0 amide bonds. The lowest BCUT2D eigenvalue weighted by Crippen LogP contribution is -2.38. The molecule has 0 aliphatic carbocycles. The molecule has 1 aliphatic rings. The van der Waals surface area contributed by atoms with Crippen molar-refractivity contribution in [2.24, 2.45) is 0 Å². The molecule has 1 fully saturated rings. The average molecular weight is 323 g/mol. The molecule has 0 unspecified atom stereocenters. The van der Waals surface area contributed by atoms with Crippen LogP contribution in [0.3, 0.4) is 0 Å². The highest BCUT2D eigenvalue weighted by atomic mass is 15.3. The molecule has 4 heterocycles. The van der Waals surface area contributed by atoms with E-state index in [1.54, 1.807) is 10.8 Å². The first kappa shape index (κ1) is 15.0. The number of aromatic nitrogens is 5. The van der Waals surface area contributed by atoms with Gasteiger partial charge < -0.3 is 5.32 Å². The number of piperidine rings is 1. The molecular formula is C17H21N7. The number of aryl methyl sites for hydroxylation is 1. The summed E-state index contributed by atoms with van der Waals surface area (Å²) in [5.41, 5.74) is 4.04. The van der Waals surface area contributed by atoms with Gasteiger partial charge in [0.05, 0.1) is 11.4 Å². The Labute approximate surface area is 140 Å². The number of nitrogens with zero attached hydrogens (tertiary/aromatic N) is 6. The molecule has 0 atom stereocenters. The Bertz CT molecular complexity index is 806. The Balaban J connectivity index is 1.38. The first-order chi connectivity index (χ1) is 11.8. The number of anilines is 1. The predicted octanol–water partition coefficient (Wildman–Crippen LogP) is 1.90. The fraction of sp³-hybridized carbons (Fsp3) is 0.412. The number of fused-ring (bicyclic) bond motifs is 1. The summed E-state index contributed by atoms with van der Waals surface area (Å²) in [6, 6.07) is 6.64. The van der Waals surface area contributed by atoms with Gasteiger partial charge in [-0.05, 0) is 37.5 Å². The van der Waals surface area contributed by atoms with Gasteiger partial charge in [-0.25, -0.2) is 0 Å². The third-order valence-electron chi connectivity index (χ3n) is 4.47. The van der Waals surface area contributed by atoms with Crippen LogP contribution in [0.5, 0.6) is 0 Å². The highest BCUT2D eigenvalue weighted by molar-refractivity contribution is 5.66. The van der Waals surface area contributed by atoms with Gasteiger partial charge in [0.1, 0.15) is 6.33 Å². The number of hydrogen-bond acceptors (Lipinski definition) is 6. The van der Waals surface area contributed by atoms with Crippen LogP contribution in [0.15, 0.2) is 36.9 Å². The maximum Gasteiger partial charge on any atom is 0.200 e. The number of likely N-dealkylation sites (tertiary alicyclic amines) is 1. The van der Waals surface area contributed by atoms with Crippen molar-refractivity contribution in [1.29, 1.82) is 0 Å². The molecule has 7 heteroatoms. The minimum absolute atomic E-state index is 0.456. The van der Waals surface area contributed by atoms with Crippen LogP contribution >= 0.6 is 0 Å². The number of nitrogens with one attached hydrogen (secondary N) is 1. The maximum atomic E-state index is 4.39. The normalized spacial score (nSPS) is 16.5. The Kier molecular flexibility index (Phi) is 4.08. The molecule has 3 aromatic rings. The van der Waals surface area contributed by atoms with Crippen LogP contribution in [-0.2, 0) is 6.54 Å². The van der Waals surface area contributed by atoms with E-state index in [1.807, 2.05) is 31.5 Å². The van der Waals surface area contributed by atoms with E-state index in [9.17, 15) is 0 Å². The van der Waals surface area contributed by atoms with Crippen molar-refractivity contribution in [3.05, 3.63) is 48.2 Å². The molecule has 7 nitrogen and oxygen atoms in total. The second-order valence-electron chi connectivity index (χ2n) is 6.35. The van der Waals surface area contributed by atoms with Crippen LogP contribution in [0.4, 0.5) is 5.69 Å². The van der Waals surface area contributed by atoms with Crippen LogP contribution in [-0.4, -0.2) is 48.8 Å². The summed E-state index contributed by atoms with van der Waals surface area (Å²) in [5, 5.41) is 16.1. The Hall–Kier alpha value is -2.54. The van der Waals surface area contributed by atoms with E-state index in [2.05, 4.69) is 36.6 Å². The van der Waals surface area contributed by atoms with E-state index in [0.717, 1.165) is 49.5 Å². The Morgan fingerprint density at radius 1 is 1.29 bits per heavy atom. The summed E-state index contributed by atoms with van der Waals surface area (Å²) in [7, 11) is 0. The quantitative estimate of drug-likeness (QED) is 0.791. The van der Waals surface area contributed by atoms with Gasteiger partial charge in [0.25, 0.3) is 0 Å². The summed E-state index contributed by atoms with van der Waals surface area (Å²) < 4.78 is 1.73. The molecule has 1 aliphatic heterocycles.